The predicted molar refractivity (Wildman–Crippen MR) is 151 cm³/mol. The third-order valence-corrected chi connectivity index (χ3v) is 7.51. The molecule has 0 spiro atoms. The summed E-state index contributed by atoms with van der Waals surface area (Å²) in [4.78, 5) is 17.3. The van der Waals surface area contributed by atoms with Crippen molar-refractivity contribution in [2.45, 2.75) is 10.1 Å². The van der Waals surface area contributed by atoms with Gasteiger partial charge >= 0.3 is 0 Å². The van der Waals surface area contributed by atoms with Crippen molar-refractivity contribution in [2.75, 3.05) is 0 Å². The van der Waals surface area contributed by atoms with Crippen LogP contribution in [-0.4, -0.2) is 14.1 Å². The van der Waals surface area contributed by atoms with Gasteiger partial charge in [0.1, 0.15) is 5.54 Å². The number of aryl methyl sites for hydroxylation is 1. The summed E-state index contributed by atoms with van der Waals surface area (Å²) in [6.45, 7) is 0. The molecule has 35 heavy (non-hydrogen) atoms. The molecule has 0 radical (unpaired) electrons. The van der Waals surface area contributed by atoms with E-state index in [1.54, 1.807) is 23.2 Å². The van der Waals surface area contributed by atoms with E-state index in [0.29, 0.717) is 14.6 Å². The number of imidazole rings is 1. The van der Waals surface area contributed by atoms with Crippen LogP contribution in [0.5, 0.6) is 0 Å². The van der Waals surface area contributed by atoms with Crippen LogP contribution in [0.15, 0.2) is 90.1 Å². The molecule has 1 unspecified atom stereocenters. The molecular formula is C27H21Cl2IN4O. The van der Waals surface area contributed by atoms with Gasteiger partial charge in [-0.2, -0.15) is 0 Å². The number of aromatic nitrogens is 3. The number of pyridine rings is 1. The zero-order valence-corrected chi connectivity index (χ0v) is 22.4. The van der Waals surface area contributed by atoms with Gasteiger partial charge < -0.3 is 10.3 Å². The number of rotatable bonds is 5. The number of nitrogens with zero attached hydrogens (tertiary/aromatic N) is 3. The zero-order chi connectivity index (χ0) is 24.7. The summed E-state index contributed by atoms with van der Waals surface area (Å²) < 4.78 is 4.19. The third kappa shape index (κ3) is 4.18. The molecule has 2 heterocycles. The molecule has 1 atom stereocenters. The van der Waals surface area contributed by atoms with Crippen LogP contribution in [-0.2, 0) is 17.1 Å². The summed E-state index contributed by atoms with van der Waals surface area (Å²) in [5.41, 5.74) is 11.2. The summed E-state index contributed by atoms with van der Waals surface area (Å²) in [5, 5.41) is 2.15. The Labute approximate surface area is 226 Å². The number of fused-ring (bicyclic) bond motifs is 1. The second kappa shape index (κ2) is 9.43. The van der Waals surface area contributed by atoms with E-state index in [-0.39, 0.29) is 5.56 Å². The maximum atomic E-state index is 13.0. The smallest absolute Gasteiger partial charge is 0.252 e. The molecule has 0 saturated carbocycles. The Morgan fingerprint density at radius 1 is 0.971 bits per heavy atom. The lowest BCUT2D eigenvalue weighted by atomic mass is 9.80. The molecule has 0 aliphatic rings. The standard InChI is InChI=1S/C27H21Cl2IN4O/c1-33-16-32-14-25(33)27(31,18-5-8-20(28)9-6-18)19-7-10-24-23(12-19)22(13-26(35)34(24)15-30)17-3-2-4-21(29)11-17/h2-14,16H,15,31H2,1H3. The van der Waals surface area contributed by atoms with Crippen LogP contribution in [0.1, 0.15) is 16.8 Å². The van der Waals surface area contributed by atoms with Crippen molar-refractivity contribution in [3.63, 3.8) is 0 Å². The minimum absolute atomic E-state index is 0.0713. The van der Waals surface area contributed by atoms with Crippen molar-refractivity contribution in [1.82, 2.24) is 14.1 Å². The Kier molecular flexibility index (Phi) is 6.48. The van der Waals surface area contributed by atoms with E-state index in [1.807, 2.05) is 72.3 Å². The average molecular weight is 615 g/mol. The minimum atomic E-state index is -1.01. The Balaban J connectivity index is 1.85. The molecule has 8 heteroatoms. The third-order valence-electron chi connectivity index (χ3n) is 6.34. The summed E-state index contributed by atoms with van der Waals surface area (Å²) >= 11 is 14.7. The first-order valence-electron chi connectivity index (χ1n) is 10.8. The minimum Gasteiger partial charge on any atom is -0.336 e. The summed E-state index contributed by atoms with van der Waals surface area (Å²) in [5.74, 6) is 0. The molecule has 0 bridgehead atoms. The van der Waals surface area contributed by atoms with E-state index >= 15 is 0 Å². The average Bonchev–Trinajstić information content (AvgIpc) is 3.29. The van der Waals surface area contributed by atoms with E-state index in [0.717, 1.165) is 38.9 Å². The summed E-state index contributed by atoms with van der Waals surface area (Å²) in [7, 11) is 1.92. The lowest BCUT2D eigenvalue weighted by Crippen LogP contribution is -2.41. The molecule has 176 valence electrons. The Morgan fingerprint density at radius 2 is 1.71 bits per heavy atom. The van der Waals surface area contributed by atoms with Gasteiger partial charge in [-0.25, -0.2) is 4.98 Å². The first kappa shape index (κ1) is 24.1. The summed E-state index contributed by atoms with van der Waals surface area (Å²) in [6.07, 6.45) is 3.52. The number of halogens is 3. The van der Waals surface area contributed by atoms with Gasteiger partial charge in [-0.05, 0) is 58.7 Å². The zero-order valence-electron chi connectivity index (χ0n) is 18.8. The van der Waals surface area contributed by atoms with Crippen LogP contribution in [0.25, 0.3) is 22.0 Å². The van der Waals surface area contributed by atoms with Crippen molar-refractivity contribution in [1.29, 1.82) is 0 Å². The van der Waals surface area contributed by atoms with Crippen molar-refractivity contribution in [2.24, 2.45) is 12.8 Å². The Morgan fingerprint density at radius 3 is 2.37 bits per heavy atom. The highest BCUT2D eigenvalue weighted by atomic mass is 127. The van der Waals surface area contributed by atoms with Crippen molar-refractivity contribution in [3.8, 4) is 11.1 Å². The second-order valence-corrected chi connectivity index (χ2v) is 9.95. The highest BCUT2D eigenvalue weighted by molar-refractivity contribution is 14.1. The van der Waals surface area contributed by atoms with E-state index in [9.17, 15) is 4.79 Å². The van der Waals surface area contributed by atoms with Crippen LogP contribution < -0.4 is 11.3 Å². The van der Waals surface area contributed by atoms with Crippen LogP contribution in [0, 0.1) is 0 Å². The molecular weight excluding hydrogens is 594 g/mol. The fourth-order valence-electron chi connectivity index (χ4n) is 4.56. The van der Waals surface area contributed by atoms with Crippen LogP contribution >= 0.6 is 45.8 Å². The number of nitrogens with two attached hydrogens (primary N) is 1. The highest BCUT2D eigenvalue weighted by Crippen LogP contribution is 2.38. The topological polar surface area (TPSA) is 65.8 Å². The Bertz CT molecular complexity index is 1610. The second-order valence-electron chi connectivity index (χ2n) is 8.39. The number of hydrogen-bond donors (Lipinski definition) is 1. The molecule has 5 nitrogen and oxygen atoms in total. The normalized spacial score (nSPS) is 13.2. The van der Waals surface area contributed by atoms with E-state index in [2.05, 4.69) is 33.6 Å². The quantitative estimate of drug-likeness (QED) is 0.185. The largest absolute Gasteiger partial charge is 0.336 e. The van der Waals surface area contributed by atoms with Gasteiger partial charge in [-0.1, -0.05) is 76.1 Å². The molecule has 0 amide bonds. The van der Waals surface area contributed by atoms with Gasteiger partial charge in [0.15, 0.2) is 0 Å². The predicted octanol–water partition coefficient (Wildman–Crippen LogP) is 6.35. The molecule has 0 aliphatic carbocycles. The number of alkyl halides is 1. The number of hydrogen-bond acceptors (Lipinski definition) is 3. The highest BCUT2D eigenvalue weighted by Gasteiger charge is 2.35. The lowest BCUT2D eigenvalue weighted by molar-refractivity contribution is 0.596. The van der Waals surface area contributed by atoms with E-state index in [1.165, 1.54) is 0 Å². The molecule has 5 rings (SSSR count). The van der Waals surface area contributed by atoms with Crippen LogP contribution in [0.3, 0.4) is 0 Å². The van der Waals surface area contributed by atoms with Gasteiger partial charge in [-0.3, -0.25) is 9.36 Å². The lowest BCUT2D eigenvalue weighted by Gasteiger charge is -2.32. The maximum absolute atomic E-state index is 13.0. The van der Waals surface area contributed by atoms with Crippen molar-refractivity contribution >= 4 is 56.7 Å². The van der Waals surface area contributed by atoms with Gasteiger partial charge in [0, 0.05) is 28.5 Å². The van der Waals surface area contributed by atoms with Crippen molar-refractivity contribution < 1.29 is 0 Å². The molecule has 2 N–H and O–H groups in total. The van der Waals surface area contributed by atoms with Gasteiger partial charge in [0.05, 0.1) is 28.3 Å². The Hall–Kier alpha value is -2.65. The van der Waals surface area contributed by atoms with Gasteiger partial charge in [0.25, 0.3) is 5.56 Å². The van der Waals surface area contributed by atoms with Gasteiger partial charge in [0.2, 0.25) is 0 Å². The van der Waals surface area contributed by atoms with E-state index in [4.69, 9.17) is 28.9 Å². The molecule has 3 aromatic carbocycles. The van der Waals surface area contributed by atoms with E-state index < -0.39 is 5.54 Å². The SMILES string of the molecule is Cn1cncc1C(N)(c1ccc(Cl)cc1)c1ccc2c(c1)c(-c1cccc(Cl)c1)cc(=O)n2CI. The first-order chi connectivity index (χ1) is 16.8. The summed E-state index contributed by atoms with van der Waals surface area (Å²) in [6, 6.07) is 22.7. The molecule has 0 saturated heterocycles. The van der Waals surface area contributed by atoms with Crippen molar-refractivity contribution in [3.05, 3.63) is 123 Å². The fraction of sp³-hybridized carbons (Fsp3) is 0.111. The maximum Gasteiger partial charge on any atom is 0.252 e. The first-order valence-corrected chi connectivity index (χ1v) is 13.1. The molecule has 0 aliphatic heterocycles. The van der Waals surface area contributed by atoms with Gasteiger partial charge in [-0.15, -0.1) is 0 Å². The fourth-order valence-corrected chi connectivity index (χ4v) is 5.58. The molecule has 2 aromatic heterocycles. The van der Waals surface area contributed by atoms with Crippen LogP contribution in [0.4, 0.5) is 0 Å². The molecule has 0 fully saturated rings. The number of benzene rings is 3. The molecule has 5 aromatic rings. The monoisotopic (exact) mass is 614 g/mol. The van der Waals surface area contributed by atoms with Crippen LogP contribution in [0.2, 0.25) is 10.0 Å².